The number of benzene rings is 1. The molecule has 0 spiro atoms. The number of unbranched alkanes of at least 4 members (excludes halogenated alkanes) is 3. The minimum Gasteiger partial charge on any atom is -0.493 e. The molecule has 0 aliphatic heterocycles. The smallest absolute Gasteiger partial charge is 0.242 e. The maximum Gasteiger partial charge on any atom is 0.242 e. The molecule has 1 aromatic heterocycles. The fourth-order valence-electron chi connectivity index (χ4n) is 4.00. The number of rotatable bonds is 18. The quantitative estimate of drug-likeness (QED) is 0.255. The van der Waals surface area contributed by atoms with E-state index in [1.165, 1.54) is 0 Å². The monoisotopic (exact) mass is 518 g/mol. The van der Waals surface area contributed by atoms with Crippen LogP contribution < -0.4 is 9.47 Å². The molecule has 0 bridgehead atoms. The lowest BCUT2D eigenvalue weighted by Gasteiger charge is -2.28. The predicted octanol–water partition coefficient (Wildman–Crippen LogP) is 5.17. The summed E-state index contributed by atoms with van der Waals surface area (Å²) in [5.41, 5.74) is 1.06. The molecule has 0 saturated heterocycles. The normalized spacial score (nSPS) is 10.8. The lowest BCUT2D eigenvalue weighted by Crippen LogP contribution is -2.43. The summed E-state index contributed by atoms with van der Waals surface area (Å²) in [6, 6.07) is 9.86. The molecule has 8 heteroatoms. The molecule has 0 aliphatic rings. The van der Waals surface area contributed by atoms with Crippen LogP contribution in [0.5, 0.6) is 11.5 Å². The molecular weight excluding hydrogens is 476 g/mol. The number of amides is 2. The number of nitrogens with zero attached hydrogens (tertiary/aromatic N) is 2. The SMILES string of the molecule is CCCCCCC(=O)N(CCCOC)CC(=O)N(CCc1ccc(OC)c(OC)c1)Cc1cccs1. The van der Waals surface area contributed by atoms with Crippen molar-refractivity contribution >= 4 is 23.2 Å². The molecule has 0 saturated carbocycles. The van der Waals surface area contributed by atoms with Crippen LogP contribution in [0.2, 0.25) is 0 Å². The van der Waals surface area contributed by atoms with E-state index in [0.717, 1.165) is 36.1 Å². The summed E-state index contributed by atoms with van der Waals surface area (Å²) in [5.74, 6) is 1.36. The first-order valence-corrected chi connectivity index (χ1v) is 13.7. The molecule has 0 aliphatic carbocycles. The van der Waals surface area contributed by atoms with E-state index in [0.29, 0.717) is 57.0 Å². The second kappa shape index (κ2) is 17.0. The van der Waals surface area contributed by atoms with Gasteiger partial charge in [-0.2, -0.15) is 0 Å². The van der Waals surface area contributed by atoms with Gasteiger partial charge in [-0.3, -0.25) is 9.59 Å². The second-order valence-electron chi connectivity index (χ2n) is 8.81. The number of methoxy groups -OCH3 is 3. The van der Waals surface area contributed by atoms with E-state index in [1.54, 1.807) is 37.6 Å². The first kappa shape index (κ1) is 29.6. The zero-order valence-electron chi connectivity index (χ0n) is 22.3. The minimum atomic E-state index is -0.0387. The Hall–Kier alpha value is -2.58. The van der Waals surface area contributed by atoms with Gasteiger partial charge in [-0.15, -0.1) is 11.3 Å². The maximum atomic E-state index is 13.5. The van der Waals surface area contributed by atoms with Gasteiger partial charge in [-0.25, -0.2) is 0 Å². The first-order valence-electron chi connectivity index (χ1n) is 12.8. The Morgan fingerprint density at radius 3 is 2.36 bits per heavy atom. The summed E-state index contributed by atoms with van der Waals surface area (Å²) < 4.78 is 15.9. The Kier molecular flexibility index (Phi) is 14.0. The third-order valence-electron chi connectivity index (χ3n) is 6.10. The summed E-state index contributed by atoms with van der Waals surface area (Å²) in [7, 11) is 4.88. The van der Waals surface area contributed by atoms with Crippen molar-refractivity contribution in [3.63, 3.8) is 0 Å². The highest BCUT2D eigenvalue weighted by molar-refractivity contribution is 7.09. The van der Waals surface area contributed by atoms with Gasteiger partial charge in [0.05, 0.1) is 27.3 Å². The highest BCUT2D eigenvalue weighted by Gasteiger charge is 2.22. The molecule has 0 radical (unpaired) electrons. The van der Waals surface area contributed by atoms with Crippen molar-refractivity contribution < 1.29 is 23.8 Å². The summed E-state index contributed by atoms with van der Waals surface area (Å²) in [5, 5.41) is 2.02. The number of carbonyl (C=O) groups is 2. The van der Waals surface area contributed by atoms with Crippen molar-refractivity contribution in [2.45, 2.75) is 58.4 Å². The Bertz CT molecular complexity index is 903. The van der Waals surface area contributed by atoms with E-state index in [9.17, 15) is 9.59 Å². The van der Waals surface area contributed by atoms with E-state index in [-0.39, 0.29) is 18.4 Å². The molecule has 200 valence electrons. The second-order valence-corrected chi connectivity index (χ2v) is 9.84. The predicted molar refractivity (Wildman–Crippen MR) is 145 cm³/mol. The highest BCUT2D eigenvalue weighted by Crippen LogP contribution is 2.28. The van der Waals surface area contributed by atoms with E-state index in [4.69, 9.17) is 14.2 Å². The van der Waals surface area contributed by atoms with Crippen LogP contribution in [-0.2, 0) is 27.3 Å². The summed E-state index contributed by atoms with van der Waals surface area (Å²) >= 11 is 1.63. The van der Waals surface area contributed by atoms with Gasteiger partial charge in [-0.05, 0) is 48.4 Å². The summed E-state index contributed by atoms with van der Waals surface area (Å²) in [4.78, 5) is 31.2. The molecular formula is C28H42N2O5S. The molecule has 2 rings (SSSR count). The van der Waals surface area contributed by atoms with Crippen LogP contribution in [0.3, 0.4) is 0 Å². The Morgan fingerprint density at radius 1 is 0.889 bits per heavy atom. The van der Waals surface area contributed by atoms with Crippen molar-refractivity contribution in [3.8, 4) is 11.5 Å². The zero-order valence-corrected chi connectivity index (χ0v) is 23.1. The average molecular weight is 519 g/mol. The molecule has 1 heterocycles. The van der Waals surface area contributed by atoms with Gasteiger partial charge in [0.15, 0.2) is 11.5 Å². The largest absolute Gasteiger partial charge is 0.493 e. The van der Waals surface area contributed by atoms with Gasteiger partial charge >= 0.3 is 0 Å². The number of carbonyl (C=O) groups excluding carboxylic acids is 2. The Labute approximate surface area is 220 Å². The molecule has 0 N–H and O–H groups in total. The van der Waals surface area contributed by atoms with Crippen LogP contribution in [-0.4, -0.2) is 69.2 Å². The molecule has 1 aromatic carbocycles. The lowest BCUT2D eigenvalue weighted by molar-refractivity contribution is -0.141. The standard InChI is InChI=1S/C28H42N2O5S/c1-5-6-7-8-12-27(31)29(16-10-18-33-2)22-28(32)30(21-24-11-9-19-36-24)17-15-23-13-14-25(34-3)26(20-23)35-4/h9,11,13-14,19-20H,5-8,10,12,15-18,21-22H2,1-4H3. The highest BCUT2D eigenvalue weighted by atomic mass is 32.1. The van der Waals surface area contributed by atoms with Crippen LogP contribution in [0.1, 0.15) is 55.9 Å². The molecule has 2 amide bonds. The molecule has 0 atom stereocenters. The third kappa shape index (κ3) is 10.2. The van der Waals surface area contributed by atoms with Gasteiger partial charge < -0.3 is 24.0 Å². The molecule has 36 heavy (non-hydrogen) atoms. The number of thiophene rings is 1. The topological polar surface area (TPSA) is 68.3 Å². The molecule has 7 nitrogen and oxygen atoms in total. The molecule has 2 aromatic rings. The maximum absolute atomic E-state index is 13.5. The number of ether oxygens (including phenoxy) is 3. The van der Waals surface area contributed by atoms with Gasteiger partial charge in [0.1, 0.15) is 0 Å². The van der Waals surface area contributed by atoms with Crippen molar-refractivity contribution in [2.75, 3.05) is 47.6 Å². The van der Waals surface area contributed by atoms with Crippen LogP contribution in [0, 0.1) is 0 Å². The van der Waals surface area contributed by atoms with Crippen LogP contribution in [0.15, 0.2) is 35.7 Å². The van der Waals surface area contributed by atoms with E-state index in [1.807, 2.05) is 40.6 Å². The van der Waals surface area contributed by atoms with Crippen molar-refractivity contribution in [2.24, 2.45) is 0 Å². The van der Waals surface area contributed by atoms with Crippen molar-refractivity contribution in [1.29, 1.82) is 0 Å². The van der Waals surface area contributed by atoms with E-state index in [2.05, 4.69) is 6.92 Å². The van der Waals surface area contributed by atoms with Crippen LogP contribution in [0.4, 0.5) is 0 Å². The van der Waals surface area contributed by atoms with Crippen LogP contribution >= 0.6 is 11.3 Å². The zero-order chi connectivity index (χ0) is 26.2. The molecule has 0 unspecified atom stereocenters. The van der Waals surface area contributed by atoms with Gasteiger partial charge in [0.2, 0.25) is 11.8 Å². The van der Waals surface area contributed by atoms with Crippen molar-refractivity contribution in [3.05, 3.63) is 46.2 Å². The van der Waals surface area contributed by atoms with E-state index >= 15 is 0 Å². The van der Waals surface area contributed by atoms with Gasteiger partial charge in [0.25, 0.3) is 0 Å². The van der Waals surface area contributed by atoms with Crippen molar-refractivity contribution in [1.82, 2.24) is 9.80 Å². The van der Waals surface area contributed by atoms with E-state index < -0.39 is 0 Å². The minimum absolute atomic E-state index is 0.0387. The Balaban J connectivity index is 2.10. The first-order chi connectivity index (χ1) is 17.5. The summed E-state index contributed by atoms with van der Waals surface area (Å²) in [6.07, 6.45) is 6.02. The Morgan fingerprint density at radius 2 is 1.69 bits per heavy atom. The van der Waals surface area contributed by atoms with Crippen LogP contribution in [0.25, 0.3) is 0 Å². The third-order valence-corrected chi connectivity index (χ3v) is 6.96. The summed E-state index contributed by atoms with van der Waals surface area (Å²) in [6.45, 7) is 4.40. The fraction of sp³-hybridized carbons (Fsp3) is 0.571. The fourth-order valence-corrected chi connectivity index (χ4v) is 4.72. The van der Waals surface area contributed by atoms with Gasteiger partial charge in [0, 0.05) is 38.1 Å². The number of hydrogen-bond donors (Lipinski definition) is 0. The molecule has 0 fully saturated rings. The lowest BCUT2D eigenvalue weighted by atomic mass is 10.1. The number of hydrogen-bond acceptors (Lipinski definition) is 6. The average Bonchev–Trinajstić information content (AvgIpc) is 3.41. The van der Waals surface area contributed by atoms with Gasteiger partial charge in [-0.1, -0.05) is 38.3 Å².